The number of halogens is 3. The van der Waals surface area contributed by atoms with E-state index in [1.54, 1.807) is 6.92 Å². The first kappa shape index (κ1) is 14.4. The molecule has 108 valence electrons. The van der Waals surface area contributed by atoms with Crippen molar-refractivity contribution in [2.75, 3.05) is 6.54 Å². The Labute approximate surface area is 114 Å². The third-order valence-electron chi connectivity index (χ3n) is 3.14. The maximum Gasteiger partial charge on any atom is 0.416 e. The average Bonchev–Trinajstić information content (AvgIpc) is 2.65. The van der Waals surface area contributed by atoms with Gasteiger partial charge in [-0.15, -0.1) is 0 Å². The number of benzene rings is 1. The molecule has 0 aliphatic carbocycles. The van der Waals surface area contributed by atoms with Gasteiger partial charge >= 0.3 is 6.18 Å². The van der Waals surface area contributed by atoms with Crippen molar-refractivity contribution in [1.29, 1.82) is 0 Å². The second kappa shape index (κ2) is 4.81. The molecule has 20 heavy (non-hydrogen) atoms. The molecule has 1 amide bonds. The van der Waals surface area contributed by atoms with Gasteiger partial charge in [0.05, 0.1) is 5.56 Å². The van der Waals surface area contributed by atoms with Crippen molar-refractivity contribution in [2.24, 2.45) is 4.99 Å². The summed E-state index contributed by atoms with van der Waals surface area (Å²) in [6, 6.07) is 5.03. The molecule has 4 nitrogen and oxygen atoms in total. The number of carbonyl (C=O) groups is 1. The lowest BCUT2D eigenvalue weighted by Crippen LogP contribution is -2.42. The molecule has 1 aliphatic rings. The average molecular weight is 285 g/mol. The Balaban J connectivity index is 2.51. The summed E-state index contributed by atoms with van der Waals surface area (Å²) in [5, 5.41) is 5.19. The molecule has 0 aromatic heterocycles. The van der Waals surface area contributed by atoms with Crippen LogP contribution in [0.5, 0.6) is 0 Å². The number of nitrogens with zero attached hydrogens (tertiary/aromatic N) is 1. The summed E-state index contributed by atoms with van der Waals surface area (Å²) in [5.74, 6) is -0.363. The van der Waals surface area contributed by atoms with Crippen molar-refractivity contribution in [2.45, 2.75) is 25.6 Å². The van der Waals surface area contributed by atoms with E-state index in [-0.39, 0.29) is 11.5 Å². The van der Waals surface area contributed by atoms with Gasteiger partial charge in [-0.2, -0.15) is 13.2 Å². The van der Waals surface area contributed by atoms with Crippen LogP contribution in [0.1, 0.15) is 25.0 Å². The first-order valence-electron chi connectivity index (χ1n) is 6.10. The molecule has 0 spiro atoms. The molecule has 1 atom stereocenters. The molecule has 1 aromatic rings. The molecule has 2 rings (SSSR count). The SMILES string of the molecule is CCN=C1NC(=O)C(C)(c2ccccc2C(F)(F)F)N1. The van der Waals surface area contributed by atoms with Gasteiger partial charge in [0.2, 0.25) is 0 Å². The fraction of sp³-hybridized carbons (Fsp3) is 0.385. The van der Waals surface area contributed by atoms with Gasteiger partial charge < -0.3 is 5.32 Å². The molecule has 7 heteroatoms. The van der Waals surface area contributed by atoms with E-state index in [0.717, 1.165) is 6.07 Å². The monoisotopic (exact) mass is 285 g/mol. The van der Waals surface area contributed by atoms with E-state index in [0.29, 0.717) is 6.54 Å². The summed E-state index contributed by atoms with van der Waals surface area (Å²) in [6.45, 7) is 3.59. The molecule has 1 heterocycles. The van der Waals surface area contributed by atoms with E-state index in [4.69, 9.17) is 0 Å². The van der Waals surface area contributed by atoms with E-state index in [1.807, 2.05) is 0 Å². The lowest BCUT2D eigenvalue weighted by molar-refractivity contribution is -0.139. The maximum atomic E-state index is 13.1. The van der Waals surface area contributed by atoms with Crippen LogP contribution in [0.3, 0.4) is 0 Å². The van der Waals surface area contributed by atoms with E-state index >= 15 is 0 Å². The highest BCUT2D eigenvalue weighted by molar-refractivity contribution is 6.09. The highest BCUT2D eigenvalue weighted by Crippen LogP contribution is 2.37. The van der Waals surface area contributed by atoms with Crippen molar-refractivity contribution in [3.8, 4) is 0 Å². The minimum Gasteiger partial charge on any atom is -0.338 e. The van der Waals surface area contributed by atoms with Gasteiger partial charge in [0, 0.05) is 6.54 Å². The highest BCUT2D eigenvalue weighted by atomic mass is 19.4. The van der Waals surface area contributed by atoms with Crippen molar-refractivity contribution >= 4 is 11.9 Å². The van der Waals surface area contributed by atoms with Crippen LogP contribution in [-0.4, -0.2) is 18.4 Å². The largest absolute Gasteiger partial charge is 0.416 e. The number of guanidine groups is 1. The van der Waals surface area contributed by atoms with Gasteiger partial charge in [0.15, 0.2) is 5.96 Å². The molecule has 1 aliphatic heterocycles. The fourth-order valence-electron chi connectivity index (χ4n) is 2.15. The number of carbonyl (C=O) groups excluding carboxylic acids is 1. The molecule has 0 radical (unpaired) electrons. The summed E-state index contributed by atoms with van der Waals surface area (Å²) in [5.41, 5.74) is -2.44. The van der Waals surface area contributed by atoms with E-state index in [1.165, 1.54) is 25.1 Å². The summed E-state index contributed by atoms with van der Waals surface area (Å²) in [6.07, 6.45) is -4.52. The molecule has 0 saturated carbocycles. The van der Waals surface area contributed by atoms with Gasteiger partial charge in [0.1, 0.15) is 5.54 Å². The van der Waals surface area contributed by atoms with Crippen molar-refractivity contribution in [1.82, 2.24) is 10.6 Å². The molecular weight excluding hydrogens is 271 g/mol. The Bertz CT molecular complexity index is 568. The zero-order chi connectivity index (χ0) is 15.0. The Morgan fingerprint density at radius 1 is 1.30 bits per heavy atom. The number of hydrogen-bond acceptors (Lipinski definition) is 2. The lowest BCUT2D eigenvalue weighted by atomic mass is 9.88. The second-order valence-corrected chi connectivity index (χ2v) is 4.57. The molecule has 2 N–H and O–H groups in total. The predicted octanol–water partition coefficient (Wildman–Crippen LogP) is 2.02. The summed E-state index contributed by atoms with van der Waals surface area (Å²) < 4.78 is 39.2. The van der Waals surface area contributed by atoms with E-state index in [9.17, 15) is 18.0 Å². The third kappa shape index (κ3) is 2.35. The number of aliphatic imine (C=N–C) groups is 1. The molecular formula is C13H14F3N3O. The smallest absolute Gasteiger partial charge is 0.338 e. The second-order valence-electron chi connectivity index (χ2n) is 4.57. The van der Waals surface area contributed by atoms with E-state index in [2.05, 4.69) is 15.6 Å². The third-order valence-corrected chi connectivity index (χ3v) is 3.14. The topological polar surface area (TPSA) is 53.5 Å². The number of amides is 1. The molecule has 1 aromatic carbocycles. The van der Waals surface area contributed by atoms with Crippen LogP contribution in [0.2, 0.25) is 0 Å². The van der Waals surface area contributed by atoms with Gasteiger partial charge in [-0.05, 0) is 25.5 Å². The zero-order valence-electron chi connectivity index (χ0n) is 11.0. The summed E-state index contributed by atoms with van der Waals surface area (Å²) in [4.78, 5) is 16.0. The Morgan fingerprint density at radius 3 is 2.55 bits per heavy atom. The number of alkyl halides is 3. The number of nitrogens with one attached hydrogen (secondary N) is 2. The van der Waals surface area contributed by atoms with Crippen molar-refractivity contribution in [3.05, 3.63) is 35.4 Å². The predicted molar refractivity (Wildman–Crippen MR) is 68.1 cm³/mol. The first-order valence-corrected chi connectivity index (χ1v) is 6.10. The van der Waals surface area contributed by atoms with Gasteiger partial charge in [0.25, 0.3) is 5.91 Å². The molecule has 1 saturated heterocycles. The normalized spacial score (nSPS) is 24.6. The van der Waals surface area contributed by atoms with Crippen LogP contribution in [0, 0.1) is 0 Å². The molecule has 1 unspecified atom stereocenters. The molecule has 1 fully saturated rings. The van der Waals surface area contributed by atoms with Crippen LogP contribution in [0.25, 0.3) is 0 Å². The fourth-order valence-corrected chi connectivity index (χ4v) is 2.15. The van der Waals surface area contributed by atoms with Crippen molar-refractivity contribution in [3.63, 3.8) is 0 Å². The van der Waals surface area contributed by atoms with Crippen LogP contribution in [0.15, 0.2) is 29.3 Å². The first-order chi connectivity index (χ1) is 9.29. The van der Waals surface area contributed by atoms with Gasteiger partial charge in [-0.25, -0.2) is 0 Å². The zero-order valence-corrected chi connectivity index (χ0v) is 11.0. The number of rotatable bonds is 2. The quantitative estimate of drug-likeness (QED) is 0.873. The minimum atomic E-state index is -4.52. The standard InChI is InChI=1S/C13H14F3N3O/c1-3-17-11-18-10(20)12(2,19-11)8-6-4-5-7-9(8)13(14,15)16/h4-7H,3H2,1-2H3,(H2,17,18,19,20). The van der Waals surface area contributed by atoms with Gasteiger partial charge in [-0.1, -0.05) is 18.2 Å². The Hall–Kier alpha value is -2.05. The van der Waals surface area contributed by atoms with Crippen LogP contribution < -0.4 is 10.6 Å². The minimum absolute atomic E-state index is 0.119. The van der Waals surface area contributed by atoms with Gasteiger partial charge in [-0.3, -0.25) is 15.1 Å². The number of hydrogen-bond donors (Lipinski definition) is 2. The molecule has 0 bridgehead atoms. The van der Waals surface area contributed by atoms with E-state index < -0.39 is 23.2 Å². The summed E-state index contributed by atoms with van der Waals surface area (Å²) >= 11 is 0. The van der Waals surface area contributed by atoms with Crippen LogP contribution in [-0.2, 0) is 16.5 Å². The lowest BCUT2D eigenvalue weighted by Gasteiger charge is -2.25. The summed E-state index contributed by atoms with van der Waals surface area (Å²) in [7, 11) is 0. The van der Waals surface area contributed by atoms with Crippen molar-refractivity contribution < 1.29 is 18.0 Å². The van der Waals surface area contributed by atoms with Crippen LogP contribution in [0.4, 0.5) is 13.2 Å². The van der Waals surface area contributed by atoms with Crippen LogP contribution >= 0.6 is 0 Å². The Morgan fingerprint density at radius 2 is 1.95 bits per heavy atom. The highest BCUT2D eigenvalue weighted by Gasteiger charge is 2.47. The Kier molecular flexibility index (Phi) is 3.45. The maximum absolute atomic E-state index is 13.1.